The number of aromatic nitrogens is 1. The van der Waals surface area contributed by atoms with Gasteiger partial charge in [-0.3, -0.25) is 4.98 Å². The van der Waals surface area contributed by atoms with Crippen molar-refractivity contribution in [1.29, 1.82) is 0 Å². The first-order valence-electron chi connectivity index (χ1n) is 6.57. The van der Waals surface area contributed by atoms with E-state index in [2.05, 4.69) is 10.3 Å². The molecule has 5 heteroatoms. The highest BCUT2D eigenvalue weighted by Crippen LogP contribution is 2.18. The molecule has 0 bridgehead atoms. The van der Waals surface area contributed by atoms with E-state index in [4.69, 9.17) is 14.2 Å². The predicted octanol–water partition coefficient (Wildman–Crippen LogP) is 1.54. The van der Waals surface area contributed by atoms with Crippen LogP contribution in [0.1, 0.15) is 17.7 Å². The highest BCUT2D eigenvalue weighted by Gasteiger charge is 2.04. The first kappa shape index (κ1) is 15.9. The summed E-state index contributed by atoms with van der Waals surface area (Å²) in [5, 5.41) is 3.10. The topological polar surface area (TPSA) is 52.6 Å². The Morgan fingerprint density at radius 1 is 1.21 bits per heavy atom. The van der Waals surface area contributed by atoms with Crippen molar-refractivity contribution < 1.29 is 14.2 Å². The van der Waals surface area contributed by atoms with Crippen molar-refractivity contribution in [2.75, 3.05) is 40.6 Å². The first-order valence-corrected chi connectivity index (χ1v) is 6.57. The molecule has 0 radical (unpaired) electrons. The van der Waals surface area contributed by atoms with Crippen LogP contribution >= 0.6 is 0 Å². The molecule has 1 aromatic heterocycles. The van der Waals surface area contributed by atoms with Crippen molar-refractivity contribution >= 4 is 0 Å². The molecule has 0 unspecified atom stereocenters. The van der Waals surface area contributed by atoms with Crippen molar-refractivity contribution in [3.8, 4) is 5.75 Å². The molecule has 0 aliphatic rings. The molecule has 0 saturated carbocycles. The summed E-state index contributed by atoms with van der Waals surface area (Å²) >= 11 is 0. The zero-order valence-corrected chi connectivity index (χ0v) is 12.1. The van der Waals surface area contributed by atoms with Gasteiger partial charge in [-0.1, -0.05) is 0 Å². The molecule has 0 aromatic carbocycles. The number of aryl methyl sites for hydroxylation is 1. The molecule has 0 fully saturated rings. The Bertz CT molecular complexity index is 359. The van der Waals surface area contributed by atoms with Gasteiger partial charge in [0.2, 0.25) is 0 Å². The predicted molar refractivity (Wildman–Crippen MR) is 74.5 cm³/mol. The SMILES string of the molecule is CNCc1cnc(C)cc1OCCOCCCOC. The van der Waals surface area contributed by atoms with Gasteiger partial charge >= 0.3 is 0 Å². The third-order valence-electron chi connectivity index (χ3n) is 2.57. The van der Waals surface area contributed by atoms with E-state index in [-0.39, 0.29) is 0 Å². The van der Waals surface area contributed by atoms with Gasteiger partial charge in [0.1, 0.15) is 12.4 Å². The van der Waals surface area contributed by atoms with Gasteiger partial charge in [-0.05, 0) is 20.4 Å². The van der Waals surface area contributed by atoms with E-state index in [1.807, 2.05) is 26.2 Å². The second kappa shape index (κ2) is 9.72. The fraction of sp³-hybridized carbons (Fsp3) is 0.643. The Hall–Kier alpha value is -1.17. The van der Waals surface area contributed by atoms with Crippen molar-refractivity contribution in [3.63, 3.8) is 0 Å². The van der Waals surface area contributed by atoms with Gasteiger partial charge in [0, 0.05) is 50.4 Å². The highest BCUT2D eigenvalue weighted by atomic mass is 16.5. The van der Waals surface area contributed by atoms with Gasteiger partial charge in [0.05, 0.1) is 6.61 Å². The summed E-state index contributed by atoms with van der Waals surface area (Å²) in [5.41, 5.74) is 2.02. The van der Waals surface area contributed by atoms with Crippen molar-refractivity contribution in [1.82, 2.24) is 10.3 Å². The maximum Gasteiger partial charge on any atom is 0.127 e. The second-order valence-electron chi connectivity index (χ2n) is 4.27. The summed E-state index contributed by atoms with van der Waals surface area (Å²) in [6, 6.07) is 1.96. The number of nitrogens with one attached hydrogen (secondary N) is 1. The average molecular weight is 268 g/mol. The van der Waals surface area contributed by atoms with Crippen LogP contribution in [0.15, 0.2) is 12.3 Å². The van der Waals surface area contributed by atoms with Crippen LogP contribution in [0.5, 0.6) is 5.75 Å². The molecule has 1 aromatic rings. The molecular formula is C14H24N2O3. The Kier molecular flexibility index (Phi) is 8.13. The van der Waals surface area contributed by atoms with Crippen LogP contribution in [0.4, 0.5) is 0 Å². The van der Waals surface area contributed by atoms with Crippen LogP contribution in [-0.4, -0.2) is 45.6 Å². The number of rotatable bonds is 10. The number of hydrogen-bond donors (Lipinski definition) is 1. The zero-order chi connectivity index (χ0) is 13.9. The van der Waals surface area contributed by atoms with Crippen LogP contribution in [-0.2, 0) is 16.0 Å². The van der Waals surface area contributed by atoms with Crippen molar-refractivity contribution in [3.05, 3.63) is 23.5 Å². The molecule has 0 saturated heterocycles. The third kappa shape index (κ3) is 6.52. The molecular weight excluding hydrogens is 244 g/mol. The van der Waals surface area contributed by atoms with Crippen LogP contribution < -0.4 is 10.1 Å². The van der Waals surface area contributed by atoms with E-state index in [1.54, 1.807) is 7.11 Å². The molecule has 0 amide bonds. The van der Waals surface area contributed by atoms with E-state index in [9.17, 15) is 0 Å². The Morgan fingerprint density at radius 3 is 2.79 bits per heavy atom. The fourth-order valence-electron chi connectivity index (χ4n) is 1.64. The lowest BCUT2D eigenvalue weighted by Crippen LogP contribution is -2.12. The number of methoxy groups -OCH3 is 1. The highest BCUT2D eigenvalue weighted by molar-refractivity contribution is 5.32. The summed E-state index contributed by atoms with van der Waals surface area (Å²) in [5.74, 6) is 0.877. The van der Waals surface area contributed by atoms with Crippen molar-refractivity contribution in [2.45, 2.75) is 19.9 Å². The zero-order valence-electron chi connectivity index (χ0n) is 12.1. The monoisotopic (exact) mass is 268 g/mol. The minimum absolute atomic E-state index is 0.549. The normalized spacial score (nSPS) is 10.7. The number of ether oxygens (including phenoxy) is 3. The number of pyridine rings is 1. The number of hydrogen-bond acceptors (Lipinski definition) is 5. The molecule has 0 atom stereocenters. The van der Waals surface area contributed by atoms with E-state index in [1.165, 1.54) is 0 Å². The van der Waals surface area contributed by atoms with Crippen LogP contribution in [0.25, 0.3) is 0 Å². The van der Waals surface area contributed by atoms with Crippen molar-refractivity contribution in [2.24, 2.45) is 0 Å². The van der Waals surface area contributed by atoms with Crippen LogP contribution in [0, 0.1) is 6.92 Å². The minimum Gasteiger partial charge on any atom is -0.491 e. The van der Waals surface area contributed by atoms with Gasteiger partial charge in [-0.15, -0.1) is 0 Å². The summed E-state index contributed by atoms with van der Waals surface area (Å²) in [7, 11) is 3.60. The Labute approximate surface area is 115 Å². The van der Waals surface area contributed by atoms with Gasteiger partial charge in [0.25, 0.3) is 0 Å². The third-order valence-corrected chi connectivity index (χ3v) is 2.57. The summed E-state index contributed by atoms with van der Waals surface area (Å²) in [6.45, 7) is 5.28. The lowest BCUT2D eigenvalue weighted by molar-refractivity contribution is 0.0803. The van der Waals surface area contributed by atoms with E-state index in [0.717, 1.165) is 36.6 Å². The lowest BCUT2D eigenvalue weighted by atomic mass is 10.2. The Balaban J connectivity index is 2.29. The molecule has 5 nitrogen and oxygen atoms in total. The molecule has 1 rings (SSSR count). The molecule has 108 valence electrons. The summed E-state index contributed by atoms with van der Waals surface area (Å²) in [4.78, 5) is 4.27. The second-order valence-corrected chi connectivity index (χ2v) is 4.27. The van der Waals surface area contributed by atoms with Gasteiger partial charge in [-0.2, -0.15) is 0 Å². The van der Waals surface area contributed by atoms with Gasteiger partial charge in [-0.25, -0.2) is 0 Å². The molecule has 0 spiro atoms. The lowest BCUT2D eigenvalue weighted by Gasteiger charge is -2.12. The van der Waals surface area contributed by atoms with Gasteiger partial charge in [0.15, 0.2) is 0 Å². The Morgan fingerprint density at radius 2 is 2.05 bits per heavy atom. The molecule has 19 heavy (non-hydrogen) atoms. The summed E-state index contributed by atoms with van der Waals surface area (Å²) in [6.07, 6.45) is 2.76. The van der Waals surface area contributed by atoms with E-state index in [0.29, 0.717) is 19.8 Å². The van der Waals surface area contributed by atoms with Crippen LogP contribution in [0.2, 0.25) is 0 Å². The average Bonchev–Trinajstić information content (AvgIpc) is 2.41. The first-order chi connectivity index (χ1) is 9.27. The molecule has 1 heterocycles. The maximum absolute atomic E-state index is 5.74. The quantitative estimate of drug-likeness (QED) is 0.652. The fourth-order valence-corrected chi connectivity index (χ4v) is 1.64. The van der Waals surface area contributed by atoms with E-state index >= 15 is 0 Å². The number of nitrogens with zero attached hydrogens (tertiary/aromatic N) is 1. The molecule has 1 N–H and O–H groups in total. The van der Waals surface area contributed by atoms with E-state index < -0.39 is 0 Å². The molecule has 0 aliphatic heterocycles. The largest absolute Gasteiger partial charge is 0.491 e. The minimum atomic E-state index is 0.549. The maximum atomic E-state index is 5.74. The van der Waals surface area contributed by atoms with Gasteiger partial charge < -0.3 is 19.5 Å². The standard InChI is InChI=1S/C14H24N2O3/c1-12-9-14(13(10-15-2)11-16-12)19-8-7-18-6-4-5-17-3/h9,11,15H,4-8,10H2,1-3H3. The molecule has 0 aliphatic carbocycles. The smallest absolute Gasteiger partial charge is 0.127 e. The van der Waals surface area contributed by atoms with Crippen LogP contribution in [0.3, 0.4) is 0 Å². The summed E-state index contributed by atoms with van der Waals surface area (Å²) < 4.78 is 16.1.